The first kappa shape index (κ1) is 15.7. The Morgan fingerprint density at radius 1 is 1.33 bits per heavy atom. The molecule has 1 rings (SSSR count). The maximum Gasteiger partial charge on any atom is 0.399 e. The van der Waals surface area contributed by atoms with E-state index in [0.717, 1.165) is 12.8 Å². The van der Waals surface area contributed by atoms with Gasteiger partial charge in [0.15, 0.2) is 0 Å². The molecule has 0 bridgehead atoms. The third-order valence-electron chi connectivity index (χ3n) is 3.75. The molecule has 0 spiro atoms. The summed E-state index contributed by atoms with van der Waals surface area (Å²) < 4.78 is 38.2. The van der Waals surface area contributed by atoms with Crippen LogP contribution in [0.4, 0.5) is 13.2 Å². The molecule has 0 amide bonds. The molecular weight excluding hydrogens is 261 g/mol. The fourth-order valence-corrected chi connectivity index (χ4v) is 2.62. The molecule has 1 unspecified atom stereocenters. The van der Waals surface area contributed by atoms with Crippen molar-refractivity contribution in [2.24, 2.45) is 23.5 Å². The highest BCUT2D eigenvalue weighted by Gasteiger charge is 2.42. The Balaban J connectivity index is 2.51. The topological polar surface area (TPSA) is 29.3 Å². The van der Waals surface area contributed by atoms with Gasteiger partial charge in [-0.25, -0.2) is 0 Å². The lowest BCUT2D eigenvalue weighted by Gasteiger charge is -2.35. The lowest BCUT2D eigenvalue weighted by molar-refractivity contribution is -0.160. The molecule has 6 heteroatoms. The van der Waals surface area contributed by atoms with Crippen LogP contribution >= 0.6 is 12.2 Å². The first-order chi connectivity index (χ1) is 8.21. The van der Waals surface area contributed by atoms with Crippen molar-refractivity contribution < 1.29 is 13.2 Å². The Kier molecular flexibility index (Phi) is 5.40. The third kappa shape index (κ3) is 4.39. The highest BCUT2D eigenvalue weighted by molar-refractivity contribution is 7.80. The number of hydrogen-bond acceptors (Lipinski definition) is 2. The number of nitrogens with two attached hydrogens (primary N) is 1. The van der Waals surface area contributed by atoms with Gasteiger partial charge in [-0.1, -0.05) is 26.1 Å². The SMILES string of the molecule is CC(C)C1CCN(CC(C(N)=S)C(F)(F)F)CC1. The van der Waals surface area contributed by atoms with Gasteiger partial charge in [0.2, 0.25) is 0 Å². The summed E-state index contributed by atoms with van der Waals surface area (Å²) in [5.74, 6) is -0.459. The number of halogens is 3. The van der Waals surface area contributed by atoms with E-state index < -0.39 is 17.1 Å². The van der Waals surface area contributed by atoms with Gasteiger partial charge in [-0.15, -0.1) is 0 Å². The van der Waals surface area contributed by atoms with Crippen LogP contribution in [0.3, 0.4) is 0 Å². The Morgan fingerprint density at radius 3 is 2.17 bits per heavy atom. The number of piperidine rings is 1. The summed E-state index contributed by atoms with van der Waals surface area (Å²) >= 11 is 4.53. The molecule has 0 aromatic carbocycles. The van der Waals surface area contributed by atoms with Crippen molar-refractivity contribution in [3.63, 3.8) is 0 Å². The Labute approximate surface area is 112 Å². The highest BCUT2D eigenvalue weighted by Crippen LogP contribution is 2.30. The minimum Gasteiger partial charge on any atom is -0.393 e. The van der Waals surface area contributed by atoms with Crippen LogP contribution in [0.1, 0.15) is 26.7 Å². The van der Waals surface area contributed by atoms with Crippen molar-refractivity contribution in [1.29, 1.82) is 0 Å². The zero-order valence-corrected chi connectivity index (χ0v) is 11.7. The van der Waals surface area contributed by atoms with Crippen molar-refractivity contribution in [2.45, 2.75) is 32.9 Å². The number of thiocarbonyl (C=S) groups is 1. The van der Waals surface area contributed by atoms with Gasteiger partial charge in [-0.2, -0.15) is 13.2 Å². The van der Waals surface area contributed by atoms with E-state index in [9.17, 15) is 13.2 Å². The van der Waals surface area contributed by atoms with Crippen molar-refractivity contribution in [3.8, 4) is 0 Å². The summed E-state index contributed by atoms with van der Waals surface area (Å²) in [4.78, 5) is 1.38. The Hall–Kier alpha value is -0.360. The molecule has 1 aliphatic rings. The van der Waals surface area contributed by atoms with Crippen LogP contribution in [0.5, 0.6) is 0 Å². The van der Waals surface area contributed by atoms with E-state index >= 15 is 0 Å². The molecule has 0 aliphatic carbocycles. The molecule has 2 nitrogen and oxygen atoms in total. The molecule has 2 N–H and O–H groups in total. The predicted octanol–water partition coefficient (Wildman–Crippen LogP) is 2.82. The highest BCUT2D eigenvalue weighted by atomic mass is 32.1. The van der Waals surface area contributed by atoms with Crippen molar-refractivity contribution >= 4 is 17.2 Å². The molecule has 1 atom stereocenters. The Morgan fingerprint density at radius 2 is 1.83 bits per heavy atom. The van der Waals surface area contributed by atoms with Crippen molar-refractivity contribution in [2.75, 3.05) is 19.6 Å². The molecule has 0 aromatic rings. The molecule has 1 aliphatic heterocycles. The summed E-state index contributed by atoms with van der Waals surface area (Å²) in [6.45, 7) is 5.64. The number of rotatable bonds is 4. The number of alkyl halides is 3. The second kappa shape index (κ2) is 6.19. The van der Waals surface area contributed by atoms with Crippen LogP contribution < -0.4 is 5.73 Å². The summed E-state index contributed by atoms with van der Waals surface area (Å²) in [5.41, 5.74) is 5.20. The molecule has 0 radical (unpaired) electrons. The number of hydrogen-bond donors (Lipinski definition) is 1. The minimum absolute atomic E-state index is 0.0936. The maximum absolute atomic E-state index is 12.7. The quantitative estimate of drug-likeness (QED) is 0.804. The van der Waals surface area contributed by atoms with Gasteiger partial charge in [0.1, 0.15) is 5.92 Å². The second-order valence-corrected chi connectivity index (χ2v) is 5.85. The van der Waals surface area contributed by atoms with Gasteiger partial charge in [0.05, 0.1) is 4.99 Å². The van der Waals surface area contributed by atoms with E-state index in [1.54, 1.807) is 0 Å². The molecule has 1 fully saturated rings. The largest absolute Gasteiger partial charge is 0.399 e. The van der Waals surface area contributed by atoms with Crippen molar-refractivity contribution in [3.05, 3.63) is 0 Å². The molecule has 0 aromatic heterocycles. The van der Waals surface area contributed by atoms with E-state index in [2.05, 4.69) is 26.1 Å². The molecule has 18 heavy (non-hydrogen) atoms. The lowest BCUT2D eigenvalue weighted by atomic mass is 9.86. The van der Waals surface area contributed by atoms with Gasteiger partial charge in [0, 0.05) is 6.54 Å². The molecule has 1 saturated heterocycles. The zero-order chi connectivity index (χ0) is 13.9. The maximum atomic E-state index is 12.7. The zero-order valence-electron chi connectivity index (χ0n) is 10.8. The average molecular weight is 282 g/mol. The lowest BCUT2D eigenvalue weighted by Crippen LogP contribution is -2.46. The fourth-order valence-electron chi connectivity index (χ4n) is 2.42. The van der Waals surface area contributed by atoms with Crippen LogP contribution in [0.2, 0.25) is 0 Å². The van der Waals surface area contributed by atoms with Crippen molar-refractivity contribution in [1.82, 2.24) is 4.90 Å². The number of likely N-dealkylation sites (tertiary alicyclic amines) is 1. The average Bonchev–Trinajstić information content (AvgIpc) is 2.24. The van der Waals surface area contributed by atoms with Crippen LogP contribution in [0.25, 0.3) is 0 Å². The normalized spacial score (nSPS) is 21.2. The van der Waals surface area contributed by atoms with Gasteiger partial charge in [0.25, 0.3) is 0 Å². The predicted molar refractivity (Wildman–Crippen MR) is 70.3 cm³/mol. The van der Waals surface area contributed by atoms with Gasteiger partial charge < -0.3 is 10.6 Å². The van der Waals surface area contributed by atoms with Gasteiger partial charge in [-0.05, 0) is 37.8 Å². The second-order valence-electron chi connectivity index (χ2n) is 5.38. The monoisotopic (exact) mass is 282 g/mol. The standard InChI is InChI=1S/C12H21F3N2S/c1-8(2)9-3-5-17(6-4-9)7-10(11(16)18)12(13,14)15/h8-10H,3-7H2,1-2H3,(H2,16,18). The third-order valence-corrected chi connectivity index (χ3v) is 4.04. The number of nitrogens with zero attached hydrogens (tertiary/aromatic N) is 1. The Bertz CT molecular complexity index is 284. The summed E-state index contributed by atoms with van der Waals surface area (Å²) in [7, 11) is 0. The molecule has 106 valence electrons. The van der Waals surface area contributed by atoms with Gasteiger partial charge >= 0.3 is 6.18 Å². The fraction of sp³-hybridized carbons (Fsp3) is 0.917. The first-order valence-electron chi connectivity index (χ1n) is 6.30. The molecule has 0 saturated carbocycles. The smallest absolute Gasteiger partial charge is 0.393 e. The van der Waals surface area contributed by atoms with E-state index in [1.165, 1.54) is 0 Å². The van der Waals surface area contributed by atoms with E-state index in [4.69, 9.17) is 5.73 Å². The summed E-state index contributed by atoms with van der Waals surface area (Å²) in [5, 5.41) is 0. The minimum atomic E-state index is -4.33. The van der Waals surface area contributed by atoms with E-state index in [-0.39, 0.29) is 6.54 Å². The van der Waals surface area contributed by atoms with Crippen LogP contribution in [0, 0.1) is 17.8 Å². The summed E-state index contributed by atoms with van der Waals surface area (Å²) in [6.07, 6.45) is -2.42. The van der Waals surface area contributed by atoms with Crippen LogP contribution in [-0.2, 0) is 0 Å². The van der Waals surface area contributed by atoms with Crippen LogP contribution in [0.15, 0.2) is 0 Å². The summed E-state index contributed by atoms with van der Waals surface area (Å²) in [6, 6.07) is 0. The van der Waals surface area contributed by atoms with E-state index in [1.807, 2.05) is 4.90 Å². The van der Waals surface area contributed by atoms with E-state index in [0.29, 0.717) is 24.9 Å². The van der Waals surface area contributed by atoms with Crippen LogP contribution in [-0.4, -0.2) is 35.7 Å². The molecular formula is C12H21F3N2S. The molecule has 1 heterocycles. The van der Waals surface area contributed by atoms with Gasteiger partial charge in [-0.3, -0.25) is 0 Å². The first-order valence-corrected chi connectivity index (χ1v) is 6.71.